The third-order valence-electron chi connectivity index (χ3n) is 4.85. The number of hydrogen-bond acceptors (Lipinski definition) is 2. The van der Waals surface area contributed by atoms with E-state index in [9.17, 15) is 9.59 Å². The largest absolute Gasteiger partial charge is 0.308 e. The Bertz CT molecular complexity index is 813. The van der Waals surface area contributed by atoms with Crippen LogP contribution in [-0.4, -0.2) is 18.2 Å². The van der Waals surface area contributed by atoms with Crippen LogP contribution in [0.1, 0.15) is 66.0 Å². The summed E-state index contributed by atoms with van der Waals surface area (Å²) in [6.45, 7) is 8.73. The molecular formula is C22H25NO2. The molecule has 0 N–H and O–H groups in total. The van der Waals surface area contributed by atoms with Crippen LogP contribution < -0.4 is 4.90 Å². The molecule has 0 saturated heterocycles. The summed E-state index contributed by atoms with van der Waals surface area (Å²) in [6.07, 6.45) is 1.89. The number of rotatable bonds is 2. The highest BCUT2D eigenvalue weighted by molar-refractivity contribution is 6.07. The number of anilines is 1. The molecule has 1 aliphatic heterocycles. The summed E-state index contributed by atoms with van der Waals surface area (Å²) in [4.78, 5) is 26.6. The highest BCUT2D eigenvalue weighted by atomic mass is 16.2. The van der Waals surface area contributed by atoms with Crippen LogP contribution in [0.3, 0.4) is 0 Å². The second kappa shape index (κ2) is 6.47. The smallest absolute Gasteiger partial charge is 0.258 e. The van der Waals surface area contributed by atoms with E-state index in [0.717, 1.165) is 24.1 Å². The van der Waals surface area contributed by atoms with Gasteiger partial charge >= 0.3 is 0 Å². The first-order chi connectivity index (χ1) is 11.8. The molecule has 130 valence electrons. The zero-order chi connectivity index (χ0) is 18.2. The van der Waals surface area contributed by atoms with Crippen LogP contribution in [0.5, 0.6) is 0 Å². The summed E-state index contributed by atoms with van der Waals surface area (Å²) in [5.74, 6) is 0.0254. The number of ketones is 1. The lowest BCUT2D eigenvalue weighted by atomic mass is 9.86. The molecule has 0 fully saturated rings. The minimum Gasteiger partial charge on any atom is -0.308 e. The van der Waals surface area contributed by atoms with Crippen LogP contribution in [0.15, 0.2) is 42.5 Å². The highest BCUT2D eigenvalue weighted by Crippen LogP contribution is 2.30. The van der Waals surface area contributed by atoms with E-state index >= 15 is 0 Å². The Morgan fingerprint density at radius 1 is 0.960 bits per heavy atom. The molecule has 0 saturated carbocycles. The number of fused-ring (bicyclic) bond motifs is 1. The van der Waals surface area contributed by atoms with Crippen molar-refractivity contribution in [3.8, 4) is 0 Å². The SMILES string of the molecule is CC(=O)c1ccc2c(c1)N(C(=O)c1ccc(C(C)(C)C)cc1)CCC2. The maximum absolute atomic E-state index is 13.0. The Balaban J connectivity index is 1.94. The fourth-order valence-corrected chi connectivity index (χ4v) is 3.27. The molecule has 0 atom stereocenters. The summed E-state index contributed by atoms with van der Waals surface area (Å²) in [5, 5.41) is 0. The van der Waals surface area contributed by atoms with Gasteiger partial charge in [-0.3, -0.25) is 9.59 Å². The van der Waals surface area contributed by atoms with E-state index in [0.29, 0.717) is 17.7 Å². The number of benzene rings is 2. The van der Waals surface area contributed by atoms with E-state index in [4.69, 9.17) is 0 Å². The van der Waals surface area contributed by atoms with Gasteiger partial charge in [0, 0.05) is 23.4 Å². The van der Waals surface area contributed by atoms with Crippen molar-refractivity contribution in [2.45, 2.75) is 46.0 Å². The first-order valence-electron chi connectivity index (χ1n) is 8.83. The summed E-state index contributed by atoms with van der Waals surface area (Å²) in [6, 6.07) is 13.6. The fraction of sp³-hybridized carbons (Fsp3) is 0.364. The first-order valence-corrected chi connectivity index (χ1v) is 8.83. The molecule has 2 aromatic carbocycles. The molecule has 0 unspecified atom stereocenters. The Morgan fingerprint density at radius 3 is 2.20 bits per heavy atom. The standard InChI is InChI=1S/C22H25NO2/c1-15(24)18-8-7-16-6-5-13-23(20(16)14-18)21(25)17-9-11-19(12-10-17)22(2,3)4/h7-12,14H,5-6,13H2,1-4H3. The van der Waals surface area contributed by atoms with Crippen molar-refractivity contribution < 1.29 is 9.59 Å². The van der Waals surface area contributed by atoms with Crippen molar-refractivity contribution in [1.82, 2.24) is 0 Å². The normalized spacial score (nSPS) is 14.2. The van der Waals surface area contributed by atoms with Gasteiger partial charge in [-0.2, -0.15) is 0 Å². The average Bonchev–Trinajstić information content (AvgIpc) is 2.59. The predicted octanol–water partition coefficient (Wildman–Crippen LogP) is 4.78. The van der Waals surface area contributed by atoms with Gasteiger partial charge in [0.1, 0.15) is 0 Å². The Labute approximate surface area is 149 Å². The molecule has 1 heterocycles. The summed E-state index contributed by atoms with van der Waals surface area (Å²) in [5.41, 5.74) is 4.63. The number of carbonyl (C=O) groups is 2. The molecule has 0 aliphatic carbocycles. The Kier molecular flexibility index (Phi) is 4.51. The second-order valence-corrected chi connectivity index (χ2v) is 7.79. The monoisotopic (exact) mass is 335 g/mol. The number of nitrogens with zero attached hydrogens (tertiary/aromatic N) is 1. The van der Waals surface area contributed by atoms with Crippen molar-refractivity contribution in [3.63, 3.8) is 0 Å². The maximum atomic E-state index is 13.0. The van der Waals surface area contributed by atoms with Crippen LogP contribution in [-0.2, 0) is 11.8 Å². The molecule has 2 aromatic rings. The second-order valence-electron chi connectivity index (χ2n) is 7.79. The molecule has 3 nitrogen and oxygen atoms in total. The maximum Gasteiger partial charge on any atom is 0.258 e. The van der Waals surface area contributed by atoms with Gasteiger partial charge in [-0.25, -0.2) is 0 Å². The van der Waals surface area contributed by atoms with Crippen molar-refractivity contribution in [3.05, 3.63) is 64.7 Å². The minimum absolute atomic E-state index is 0.00195. The van der Waals surface area contributed by atoms with Gasteiger partial charge < -0.3 is 4.90 Å². The third-order valence-corrected chi connectivity index (χ3v) is 4.85. The van der Waals surface area contributed by atoms with Crippen molar-refractivity contribution >= 4 is 17.4 Å². The van der Waals surface area contributed by atoms with Gasteiger partial charge in [-0.15, -0.1) is 0 Å². The molecule has 0 bridgehead atoms. The zero-order valence-electron chi connectivity index (χ0n) is 15.4. The van der Waals surface area contributed by atoms with E-state index in [1.807, 2.05) is 47.4 Å². The number of aryl methyl sites for hydroxylation is 1. The lowest BCUT2D eigenvalue weighted by Gasteiger charge is -2.30. The molecule has 3 heteroatoms. The first kappa shape index (κ1) is 17.4. The number of Topliss-reactive ketones (excluding diaryl/α,β-unsaturated/α-hetero) is 1. The average molecular weight is 335 g/mol. The quantitative estimate of drug-likeness (QED) is 0.741. The molecule has 1 amide bonds. The van der Waals surface area contributed by atoms with Gasteiger partial charge in [0.25, 0.3) is 5.91 Å². The van der Waals surface area contributed by atoms with Crippen LogP contribution >= 0.6 is 0 Å². The van der Waals surface area contributed by atoms with Crippen LogP contribution in [0, 0.1) is 0 Å². The molecule has 1 aliphatic rings. The van der Waals surface area contributed by atoms with Crippen molar-refractivity contribution in [1.29, 1.82) is 0 Å². The minimum atomic E-state index is 0.00195. The van der Waals surface area contributed by atoms with Gasteiger partial charge in [-0.1, -0.05) is 45.0 Å². The van der Waals surface area contributed by atoms with Gasteiger partial charge in [0.15, 0.2) is 5.78 Å². The van der Waals surface area contributed by atoms with Gasteiger partial charge in [-0.05, 0) is 54.5 Å². The molecule has 0 radical (unpaired) electrons. The summed E-state index contributed by atoms with van der Waals surface area (Å²) in [7, 11) is 0. The molecule has 25 heavy (non-hydrogen) atoms. The predicted molar refractivity (Wildman–Crippen MR) is 102 cm³/mol. The lowest BCUT2D eigenvalue weighted by Crippen LogP contribution is -2.35. The summed E-state index contributed by atoms with van der Waals surface area (Å²) >= 11 is 0. The number of amides is 1. The lowest BCUT2D eigenvalue weighted by molar-refractivity contribution is 0.0981. The van der Waals surface area contributed by atoms with E-state index in [2.05, 4.69) is 20.8 Å². The Morgan fingerprint density at radius 2 is 1.60 bits per heavy atom. The van der Waals surface area contributed by atoms with Gasteiger partial charge in [0.05, 0.1) is 0 Å². The molecule has 0 spiro atoms. The Hall–Kier alpha value is -2.42. The third kappa shape index (κ3) is 3.51. The van der Waals surface area contributed by atoms with Crippen molar-refractivity contribution in [2.75, 3.05) is 11.4 Å². The van der Waals surface area contributed by atoms with E-state index in [-0.39, 0.29) is 17.1 Å². The number of carbonyl (C=O) groups excluding carboxylic acids is 2. The van der Waals surface area contributed by atoms with Gasteiger partial charge in [0.2, 0.25) is 0 Å². The molecule has 3 rings (SSSR count). The highest BCUT2D eigenvalue weighted by Gasteiger charge is 2.24. The zero-order valence-corrected chi connectivity index (χ0v) is 15.4. The topological polar surface area (TPSA) is 37.4 Å². The molecule has 0 aromatic heterocycles. The van der Waals surface area contributed by atoms with E-state index in [1.165, 1.54) is 5.56 Å². The van der Waals surface area contributed by atoms with E-state index < -0.39 is 0 Å². The molecular weight excluding hydrogens is 310 g/mol. The van der Waals surface area contributed by atoms with Crippen LogP contribution in [0.4, 0.5) is 5.69 Å². The van der Waals surface area contributed by atoms with Crippen molar-refractivity contribution in [2.24, 2.45) is 0 Å². The van der Waals surface area contributed by atoms with Crippen LogP contribution in [0.25, 0.3) is 0 Å². The number of hydrogen-bond donors (Lipinski definition) is 0. The fourth-order valence-electron chi connectivity index (χ4n) is 3.27. The summed E-state index contributed by atoms with van der Waals surface area (Å²) < 4.78 is 0. The van der Waals surface area contributed by atoms with E-state index in [1.54, 1.807) is 6.92 Å². The van der Waals surface area contributed by atoms with Crippen LogP contribution in [0.2, 0.25) is 0 Å².